The van der Waals surface area contributed by atoms with Gasteiger partial charge in [0.1, 0.15) is 11.4 Å². The average Bonchev–Trinajstić information content (AvgIpc) is 3.51. The molecule has 0 saturated carbocycles. The van der Waals surface area contributed by atoms with Crippen LogP contribution in [-0.2, 0) is 15.2 Å². The summed E-state index contributed by atoms with van der Waals surface area (Å²) < 4.78 is 13.3. The van der Waals surface area contributed by atoms with E-state index >= 15 is 0 Å². The molecular formula is C34H38N8O3S. The van der Waals surface area contributed by atoms with Crippen molar-refractivity contribution in [2.45, 2.75) is 37.2 Å². The highest BCUT2D eigenvalue weighted by atomic mass is 32.2. The van der Waals surface area contributed by atoms with Gasteiger partial charge < -0.3 is 24.2 Å². The highest BCUT2D eigenvalue weighted by molar-refractivity contribution is 7.98. The van der Waals surface area contributed by atoms with Gasteiger partial charge in [0, 0.05) is 68.4 Å². The molecule has 11 nitrogen and oxygen atoms in total. The molecule has 4 aromatic heterocycles. The van der Waals surface area contributed by atoms with Crippen molar-refractivity contribution in [3.05, 3.63) is 72.8 Å². The van der Waals surface area contributed by atoms with E-state index in [0.717, 1.165) is 63.3 Å². The molecule has 0 unspecified atom stereocenters. The molecule has 0 radical (unpaired) electrons. The number of para-hydroxylation sites is 1. The first kappa shape index (κ1) is 30.2. The van der Waals surface area contributed by atoms with Crippen LogP contribution in [0.25, 0.3) is 27.8 Å². The van der Waals surface area contributed by atoms with Crippen LogP contribution in [0.5, 0.6) is 0 Å². The van der Waals surface area contributed by atoms with E-state index in [0.29, 0.717) is 45.1 Å². The molecule has 0 atom stereocenters. The van der Waals surface area contributed by atoms with E-state index in [1.165, 1.54) is 0 Å². The fourth-order valence-electron chi connectivity index (χ4n) is 5.74. The van der Waals surface area contributed by atoms with Crippen LogP contribution >= 0.6 is 11.8 Å². The zero-order valence-corrected chi connectivity index (χ0v) is 27.2. The summed E-state index contributed by atoms with van der Waals surface area (Å²) in [6.45, 7) is 11.1. The van der Waals surface area contributed by atoms with Crippen molar-refractivity contribution >= 4 is 46.0 Å². The number of carbonyl (C=O) groups is 1. The molecule has 2 fully saturated rings. The number of benzene rings is 1. The minimum atomic E-state index is -0.504. The second-order valence-corrected chi connectivity index (χ2v) is 13.5. The van der Waals surface area contributed by atoms with E-state index in [-0.39, 0.29) is 6.09 Å². The Bertz CT molecular complexity index is 1840. The molecular weight excluding hydrogens is 600 g/mol. The third-order valence-electron chi connectivity index (χ3n) is 8.07. The van der Waals surface area contributed by atoms with Gasteiger partial charge in [-0.1, -0.05) is 36.0 Å². The molecule has 238 valence electrons. The Kier molecular flexibility index (Phi) is 8.39. The van der Waals surface area contributed by atoms with Gasteiger partial charge in [0.05, 0.1) is 41.3 Å². The second kappa shape index (κ2) is 12.8. The Hall–Kier alpha value is -4.42. The summed E-state index contributed by atoms with van der Waals surface area (Å²) in [6.07, 6.45) is 5.65. The first-order chi connectivity index (χ1) is 22.3. The molecule has 1 aromatic carbocycles. The van der Waals surface area contributed by atoms with Gasteiger partial charge in [-0.3, -0.25) is 4.40 Å². The second-order valence-electron chi connectivity index (χ2n) is 12.5. The van der Waals surface area contributed by atoms with Crippen molar-refractivity contribution in [1.82, 2.24) is 29.2 Å². The van der Waals surface area contributed by atoms with E-state index in [1.807, 2.05) is 57.4 Å². The van der Waals surface area contributed by atoms with E-state index in [1.54, 1.807) is 16.7 Å². The molecule has 5 aromatic rings. The molecule has 7 rings (SSSR count). The summed E-state index contributed by atoms with van der Waals surface area (Å²) in [5.74, 6) is 2.42. The molecule has 2 aliphatic rings. The fourth-order valence-corrected chi connectivity index (χ4v) is 6.50. The number of ether oxygens (including phenoxy) is 2. The van der Waals surface area contributed by atoms with Gasteiger partial charge in [0.2, 0.25) is 0 Å². The number of anilines is 2. The van der Waals surface area contributed by atoms with Crippen molar-refractivity contribution in [2.24, 2.45) is 0 Å². The average molecular weight is 639 g/mol. The lowest BCUT2D eigenvalue weighted by atomic mass is 10.2. The lowest BCUT2D eigenvalue weighted by Gasteiger charge is -2.36. The summed E-state index contributed by atoms with van der Waals surface area (Å²) in [5, 5.41) is 2.10. The topological polar surface area (TPSA) is 101 Å². The van der Waals surface area contributed by atoms with E-state index < -0.39 is 5.60 Å². The van der Waals surface area contributed by atoms with Crippen LogP contribution in [0, 0.1) is 0 Å². The fraction of sp³-hybridized carbons (Fsp3) is 0.382. The van der Waals surface area contributed by atoms with Crippen LogP contribution in [0.2, 0.25) is 0 Å². The maximum Gasteiger partial charge on any atom is 0.410 e. The van der Waals surface area contributed by atoms with Gasteiger partial charge in [-0.05, 0) is 45.0 Å². The van der Waals surface area contributed by atoms with Crippen LogP contribution in [0.4, 0.5) is 16.4 Å². The number of aromatic nitrogens is 5. The Labute approximate surface area is 272 Å². The Balaban J connectivity index is 1.11. The molecule has 6 heterocycles. The van der Waals surface area contributed by atoms with E-state index in [2.05, 4.69) is 44.7 Å². The summed E-state index contributed by atoms with van der Waals surface area (Å²) >= 11 is 1.68. The summed E-state index contributed by atoms with van der Waals surface area (Å²) in [6, 6.07) is 16.5. The Morgan fingerprint density at radius 3 is 2.46 bits per heavy atom. The summed E-state index contributed by atoms with van der Waals surface area (Å²) in [5.41, 5.74) is 4.14. The first-order valence-corrected chi connectivity index (χ1v) is 16.7. The molecule has 0 spiro atoms. The molecule has 0 bridgehead atoms. The van der Waals surface area contributed by atoms with Gasteiger partial charge >= 0.3 is 6.09 Å². The normalized spacial score (nSPS) is 15.9. The largest absolute Gasteiger partial charge is 0.444 e. The van der Waals surface area contributed by atoms with Gasteiger partial charge in [-0.2, -0.15) is 0 Å². The van der Waals surface area contributed by atoms with Crippen molar-refractivity contribution in [2.75, 3.05) is 62.3 Å². The minimum Gasteiger partial charge on any atom is -0.444 e. The maximum absolute atomic E-state index is 12.5. The predicted molar refractivity (Wildman–Crippen MR) is 181 cm³/mol. The lowest BCUT2D eigenvalue weighted by molar-refractivity contribution is 0.0240. The maximum atomic E-state index is 12.5. The van der Waals surface area contributed by atoms with Gasteiger partial charge in [0.15, 0.2) is 11.5 Å². The number of imidazole rings is 1. The van der Waals surface area contributed by atoms with Crippen LogP contribution in [0.1, 0.15) is 26.5 Å². The molecule has 12 heteroatoms. The number of hydrogen-bond acceptors (Lipinski definition) is 10. The van der Waals surface area contributed by atoms with Crippen LogP contribution < -0.4 is 9.80 Å². The SMILES string of the molecule is CC(C)(C)OC(=O)N1CCN(c2ccc(-c3cnc(N4CCOCC4)c4nc(CSc5ccc6ccccc6n5)cn34)cn2)CC1. The van der Waals surface area contributed by atoms with Crippen LogP contribution in [0.15, 0.2) is 72.1 Å². The van der Waals surface area contributed by atoms with Crippen molar-refractivity contribution in [3.8, 4) is 11.3 Å². The van der Waals surface area contributed by atoms with Crippen LogP contribution in [-0.4, -0.2) is 93.4 Å². The van der Waals surface area contributed by atoms with Crippen molar-refractivity contribution in [1.29, 1.82) is 0 Å². The van der Waals surface area contributed by atoms with Gasteiger partial charge in [-0.15, -0.1) is 0 Å². The number of rotatable bonds is 6. The molecule has 2 aliphatic heterocycles. The highest BCUT2D eigenvalue weighted by Gasteiger charge is 2.26. The minimum absolute atomic E-state index is 0.265. The van der Waals surface area contributed by atoms with Gasteiger partial charge in [-0.25, -0.2) is 24.7 Å². The highest BCUT2D eigenvalue weighted by Crippen LogP contribution is 2.30. The van der Waals surface area contributed by atoms with Gasteiger partial charge in [0.25, 0.3) is 0 Å². The predicted octanol–water partition coefficient (Wildman–Crippen LogP) is 5.53. The number of piperazine rings is 1. The number of hydrogen-bond donors (Lipinski definition) is 0. The molecule has 0 aliphatic carbocycles. The summed E-state index contributed by atoms with van der Waals surface area (Å²) in [7, 11) is 0. The third kappa shape index (κ3) is 6.59. The lowest BCUT2D eigenvalue weighted by Crippen LogP contribution is -2.50. The van der Waals surface area contributed by atoms with E-state index in [9.17, 15) is 4.79 Å². The summed E-state index contributed by atoms with van der Waals surface area (Å²) in [4.78, 5) is 38.4. The third-order valence-corrected chi connectivity index (χ3v) is 9.04. The number of fused-ring (bicyclic) bond motifs is 2. The number of amides is 1. The van der Waals surface area contributed by atoms with Crippen molar-refractivity contribution < 1.29 is 14.3 Å². The zero-order valence-electron chi connectivity index (χ0n) is 26.4. The molecule has 46 heavy (non-hydrogen) atoms. The number of nitrogens with zero attached hydrogens (tertiary/aromatic N) is 8. The number of morpholine rings is 1. The number of thioether (sulfide) groups is 1. The molecule has 2 saturated heterocycles. The Morgan fingerprint density at radius 1 is 0.891 bits per heavy atom. The van der Waals surface area contributed by atoms with E-state index in [4.69, 9.17) is 29.4 Å². The monoisotopic (exact) mass is 638 g/mol. The van der Waals surface area contributed by atoms with Crippen LogP contribution in [0.3, 0.4) is 0 Å². The standard InChI is InChI=1S/C34H38N8O3S/c1-34(2,3)45-33(43)41-14-12-39(13-15-41)29-10-8-25(20-35-29)28-21-36-31(40-16-18-44-19-17-40)32-37-26(22-42(28)32)23-46-30-11-9-24-6-4-5-7-27(24)38-30/h4-11,20-22H,12-19,23H2,1-3H3. The molecule has 0 N–H and O–H groups in total. The van der Waals surface area contributed by atoms with Crippen molar-refractivity contribution in [3.63, 3.8) is 0 Å². The smallest absolute Gasteiger partial charge is 0.410 e. The quantitative estimate of drug-likeness (QED) is 0.221. The number of carbonyl (C=O) groups excluding carboxylic acids is 1. The Morgan fingerprint density at radius 2 is 1.70 bits per heavy atom. The molecule has 1 amide bonds. The first-order valence-electron chi connectivity index (χ1n) is 15.7. The zero-order chi connectivity index (χ0) is 31.7. The number of pyridine rings is 2.